The molecule has 0 saturated heterocycles. The van der Waals surface area contributed by atoms with Crippen LogP contribution in [0.2, 0.25) is 0 Å². The van der Waals surface area contributed by atoms with Crippen LogP contribution in [-0.2, 0) is 6.18 Å². The standard InChI is InChI=1S/C10H8F3N3O/c11-10(12,13)6-3-1-5(2-4-6)7-8(14)16-9(17)15-7/h1-4,7H,(H3,14,15,16,17). The molecule has 0 spiro atoms. The summed E-state index contributed by atoms with van der Waals surface area (Å²) < 4.78 is 37.0. The molecule has 0 aromatic heterocycles. The predicted octanol–water partition coefficient (Wildman–Crippen LogP) is 1.83. The summed E-state index contributed by atoms with van der Waals surface area (Å²) in [6.07, 6.45) is -4.38. The quantitative estimate of drug-likeness (QED) is 0.790. The van der Waals surface area contributed by atoms with Crippen LogP contribution in [0, 0.1) is 0 Å². The molecule has 0 radical (unpaired) electrons. The van der Waals surface area contributed by atoms with Gasteiger partial charge in [-0.25, -0.2) is 4.79 Å². The number of carbonyl (C=O) groups is 1. The van der Waals surface area contributed by atoms with Crippen LogP contribution in [0.5, 0.6) is 0 Å². The zero-order valence-corrected chi connectivity index (χ0v) is 8.45. The lowest BCUT2D eigenvalue weighted by Crippen LogP contribution is -2.27. The topological polar surface area (TPSA) is 67.5 Å². The first-order valence-corrected chi connectivity index (χ1v) is 4.69. The highest BCUT2D eigenvalue weighted by molar-refractivity contribution is 6.03. The molecule has 17 heavy (non-hydrogen) atoms. The van der Waals surface area contributed by atoms with Crippen molar-refractivity contribution in [3.63, 3.8) is 0 Å². The lowest BCUT2D eigenvalue weighted by molar-refractivity contribution is -0.137. The van der Waals surface area contributed by atoms with E-state index in [0.29, 0.717) is 5.56 Å². The van der Waals surface area contributed by atoms with Crippen LogP contribution in [0.15, 0.2) is 29.3 Å². The second-order valence-corrected chi connectivity index (χ2v) is 3.54. The summed E-state index contributed by atoms with van der Waals surface area (Å²) in [6.45, 7) is 0. The van der Waals surface area contributed by atoms with Crippen molar-refractivity contribution in [3.05, 3.63) is 35.4 Å². The largest absolute Gasteiger partial charge is 0.416 e. The number of urea groups is 1. The first kappa shape index (κ1) is 11.4. The van der Waals surface area contributed by atoms with Crippen LogP contribution >= 0.6 is 0 Å². The molecule has 1 heterocycles. The number of amides is 2. The molecular formula is C10H8F3N3O. The van der Waals surface area contributed by atoms with Crippen molar-refractivity contribution in [2.45, 2.75) is 12.2 Å². The summed E-state index contributed by atoms with van der Waals surface area (Å²) >= 11 is 0. The maximum Gasteiger partial charge on any atom is 0.416 e. The van der Waals surface area contributed by atoms with E-state index in [2.05, 4.69) is 10.3 Å². The van der Waals surface area contributed by atoms with E-state index in [1.165, 1.54) is 12.1 Å². The van der Waals surface area contributed by atoms with Crippen molar-refractivity contribution in [2.24, 2.45) is 10.7 Å². The third-order valence-electron chi connectivity index (χ3n) is 2.37. The molecule has 90 valence electrons. The van der Waals surface area contributed by atoms with Crippen molar-refractivity contribution in [2.75, 3.05) is 0 Å². The zero-order chi connectivity index (χ0) is 12.6. The predicted molar refractivity (Wildman–Crippen MR) is 54.3 cm³/mol. The van der Waals surface area contributed by atoms with Gasteiger partial charge >= 0.3 is 12.2 Å². The number of rotatable bonds is 1. The first-order chi connectivity index (χ1) is 7.88. The molecule has 7 heteroatoms. The molecular weight excluding hydrogens is 235 g/mol. The van der Waals surface area contributed by atoms with Gasteiger partial charge < -0.3 is 11.1 Å². The molecule has 0 bridgehead atoms. The summed E-state index contributed by atoms with van der Waals surface area (Å²) in [5.41, 5.74) is 5.18. The van der Waals surface area contributed by atoms with Gasteiger partial charge in [0, 0.05) is 0 Å². The van der Waals surface area contributed by atoms with Gasteiger partial charge in [-0.2, -0.15) is 18.2 Å². The molecule has 2 rings (SSSR count). The average Bonchev–Trinajstić information content (AvgIpc) is 2.57. The number of benzene rings is 1. The summed E-state index contributed by atoms with van der Waals surface area (Å²) in [4.78, 5) is 14.3. The highest BCUT2D eigenvalue weighted by Crippen LogP contribution is 2.30. The normalized spacial score (nSPS) is 20.1. The molecule has 1 aliphatic rings. The smallest absolute Gasteiger partial charge is 0.385 e. The summed E-state index contributed by atoms with van der Waals surface area (Å²) in [7, 11) is 0. The minimum Gasteiger partial charge on any atom is -0.385 e. The van der Waals surface area contributed by atoms with Gasteiger partial charge in [-0.15, -0.1) is 0 Å². The van der Waals surface area contributed by atoms with Gasteiger partial charge in [0.05, 0.1) is 5.56 Å². The van der Waals surface area contributed by atoms with Crippen LogP contribution < -0.4 is 11.1 Å². The maximum atomic E-state index is 12.3. The van der Waals surface area contributed by atoms with Gasteiger partial charge in [0.1, 0.15) is 11.9 Å². The van der Waals surface area contributed by atoms with Crippen LogP contribution in [0.4, 0.5) is 18.0 Å². The third kappa shape index (κ3) is 2.22. The Morgan fingerprint density at radius 2 is 1.82 bits per heavy atom. The van der Waals surface area contributed by atoms with Crippen molar-refractivity contribution < 1.29 is 18.0 Å². The molecule has 2 amide bonds. The number of halogens is 3. The Balaban J connectivity index is 2.25. The third-order valence-corrected chi connectivity index (χ3v) is 2.37. The maximum absolute atomic E-state index is 12.3. The fourth-order valence-electron chi connectivity index (χ4n) is 1.53. The molecule has 0 saturated carbocycles. The lowest BCUT2D eigenvalue weighted by atomic mass is 10.0. The molecule has 1 aliphatic heterocycles. The number of nitrogens with zero attached hydrogens (tertiary/aromatic N) is 1. The summed E-state index contributed by atoms with van der Waals surface area (Å²) in [5, 5.41) is 2.43. The Morgan fingerprint density at radius 1 is 1.24 bits per heavy atom. The van der Waals surface area contributed by atoms with E-state index in [1.54, 1.807) is 0 Å². The van der Waals surface area contributed by atoms with Crippen LogP contribution in [0.1, 0.15) is 17.2 Å². The van der Waals surface area contributed by atoms with E-state index in [0.717, 1.165) is 12.1 Å². The van der Waals surface area contributed by atoms with Crippen LogP contribution in [0.25, 0.3) is 0 Å². The number of hydrogen-bond acceptors (Lipinski definition) is 2. The fourth-order valence-corrected chi connectivity index (χ4v) is 1.53. The number of amidine groups is 1. The number of aliphatic imine (C=N–C) groups is 1. The van der Waals surface area contributed by atoms with Gasteiger partial charge in [-0.3, -0.25) is 0 Å². The molecule has 3 N–H and O–H groups in total. The molecule has 1 unspecified atom stereocenters. The van der Waals surface area contributed by atoms with E-state index >= 15 is 0 Å². The Hall–Kier alpha value is -2.05. The van der Waals surface area contributed by atoms with Gasteiger partial charge in [0.25, 0.3) is 0 Å². The molecule has 0 fully saturated rings. The van der Waals surface area contributed by atoms with Gasteiger partial charge in [0.15, 0.2) is 0 Å². The molecule has 4 nitrogen and oxygen atoms in total. The number of alkyl halides is 3. The Labute approximate surface area is 94.3 Å². The van der Waals surface area contributed by atoms with Crippen molar-refractivity contribution in [1.82, 2.24) is 5.32 Å². The zero-order valence-electron chi connectivity index (χ0n) is 8.45. The summed E-state index contributed by atoms with van der Waals surface area (Å²) in [6, 6.07) is 3.17. The number of hydrogen-bond donors (Lipinski definition) is 2. The minimum absolute atomic E-state index is 0.0507. The van der Waals surface area contributed by atoms with Gasteiger partial charge in [0.2, 0.25) is 0 Å². The van der Waals surface area contributed by atoms with Gasteiger partial charge in [-0.1, -0.05) is 12.1 Å². The van der Waals surface area contributed by atoms with Crippen molar-refractivity contribution in [3.8, 4) is 0 Å². The average molecular weight is 243 g/mol. The SMILES string of the molecule is NC1=NC(=O)NC1c1ccc(C(F)(F)F)cc1. The Kier molecular flexibility index (Phi) is 2.53. The van der Waals surface area contributed by atoms with Gasteiger partial charge in [-0.05, 0) is 17.7 Å². The van der Waals surface area contributed by atoms with E-state index in [4.69, 9.17) is 5.73 Å². The molecule has 1 aromatic carbocycles. The van der Waals surface area contributed by atoms with Crippen molar-refractivity contribution >= 4 is 11.9 Å². The number of nitrogens with two attached hydrogens (primary N) is 1. The highest BCUT2D eigenvalue weighted by atomic mass is 19.4. The van der Waals surface area contributed by atoms with Crippen molar-refractivity contribution in [1.29, 1.82) is 0 Å². The monoisotopic (exact) mass is 243 g/mol. The molecule has 0 aliphatic carbocycles. The summed E-state index contributed by atoms with van der Waals surface area (Å²) in [5.74, 6) is 0.0507. The van der Waals surface area contributed by atoms with E-state index in [1.807, 2.05) is 0 Å². The molecule has 1 aromatic rings. The first-order valence-electron chi connectivity index (χ1n) is 4.69. The number of nitrogens with one attached hydrogen (secondary N) is 1. The lowest BCUT2D eigenvalue weighted by Gasteiger charge is -2.12. The van der Waals surface area contributed by atoms with Crippen LogP contribution in [-0.4, -0.2) is 11.9 Å². The minimum atomic E-state index is -4.38. The van der Waals surface area contributed by atoms with E-state index < -0.39 is 23.8 Å². The second kappa shape index (κ2) is 3.76. The highest BCUT2D eigenvalue weighted by Gasteiger charge is 2.31. The Bertz CT molecular complexity index is 479. The van der Waals surface area contributed by atoms with E-state index in [9.17, 15) is 18.0 Å². The van der Waals surface area contributed by atoms with E-state index in [-0.39, 0.29) is 5.84 Å². The number of carbonyl (C=O) groups excluding carboxylic acids is 1. The fraction of sp³-hybridized carbons (Fsp3) is 0.200. The Morgan fingerprint density at radius 3 is 2.24 bits per heavy atom. The van der Waals surface area contributed by atoms with Crippen LogP contribution in [0.3, 0.4) is 0 Å². The second-order valence-electron chi connectivity index (χ2n) is 3.54. The molecule has 1 atom stereocenters.